The van der Waals surface area contributed by atoms with E-state index in [0.29, 0.717) is 6.42 Å². The molecule has 0 aliphatic rings. The highest BCUT2D eigenvalue weighted by atomic mass is 32.1. The van der Waals surface area contributed by atoms with Gasteiger partial charge in [0, 0.05) is 17.6 Å². The molecule has 7 heteroatoms. The quantitative estimate of drug-likeness (QED) is 0.721. The molecular formula is C14H23N3O3S. The largest absolute Gasteiger partial charge is 0.481 e. The summed E-state index contributed by atoms with van der Waals surface area (Å²) < 4.78 is 0. The minimum absolute atomic E-state index is 0.0927. The number of carboxylic acid groups (broad SMARTS) is 1. The second kappa shape index (κ2) is 7.40. The number of carbonyl (C=O) groups excluding carboxylic acids is 1. The van der Waals surface area contributed by atoms with Crippen molar-refractivity contribution in [3.8, 4) is 0 Å². The number of thiazole rings is 1. The van der Waals surface area contributed by atoms with Crippen LogP contribution in [0.1, 0.15) is 50.0 Å². The van der Waals surface area contributed by atoms with Crippen molar-refractivity contribution in [1.29, 1.82) is 0 Å². The van der Waals surface area contributed by atoms with E-state index in [1.54, 1.807) is 25.2 Å². The smallest absolute Gasteiger partial charge is 0.315 e. The maximum Gasteiger partial charge on any atom is 0.315 e. The van der Waals surface area contributed by atoms with Gasteiger partial charge < -0.3 is 15.7 Å². The van der Waals surface area contributed by atoms with Gasteiger partial charge >= 0.3 is 12.0 Å². The highest BCUT2D eigenvalue weighted by molar-refractivity contribution is 7.11. The molecule has 0 aliphatic carbocycles. The number of hydrogen-bond acceptors (Lipinski definition) is 4. The normalized spacial score (nSPS) is 15.0. The van der Waals surface area contributed by atoms with Crippen molar-refractivity contribution in [1.82, 2.24) is 15.6 Å². The Morgan fingerprint density at radius 2 is 2.14 bits per heavy atom. The van der Waals surface area contributed by atoms with Crippen LogP contribution in [-0.4, -0.2) is 28.6 Å². The molecule has 0 fully saturated rings. The van der Waals surface area contributed by atoms with Gasteiger partial charge in [-0.05, 0) is 26.7 Å². The van der Waals surface area contributed by atoms with Crippen molar-refractivity contribution in [3.63, 3.8) is 0 Å². The molecule has 0 bridgehead atoms. The molecule has 1 rings (SSSR count). The first-order valence-corrected chi connectivity index (χ1v) is 7.86. The van der Waals surface area contributed by atoms with Crippen LogP contribution >= 0.6 is 11.3 Å². The monoisotopic (exact) mass is 313 g/mol. The summed E-state index contributed by atoms with van der Waals surface area (Å²) in [6.45, 7) is 7.41. The summed E-state index contributed by atoms with van der Waals surface area (Å²) in [5, 5.41) is 15.4. The molecule has 21 heavy (non-hydrogen) atoms. The van der Waals surface area contributed by atoms with Gasteiger partial charge in [-0.3, -0.25) is 4.79 Å². The van der Waals surface area contributed by atoms with E-state index in [-0.39, 0.29) is 18.6 Å². The van der Waals surface area contributed by atoms with Crippen LogP contribution in [-0.2, 0) is 11.2 Å². The van der Waals surface area contributed by atoms with E-state index in [0.717, 1.165) is 11.4 Å². The van der Waals surface area contributed by atoms with Crippen LogP contribution in [0.3, 0.4) is 0 Å². The molecule has 0 saturated heterocycles. The Morgan fingerprint density at radius 3 is 2.62 bits per heavy atom. The summed E-state index contributed by atoms with van der Waals surface area (Å²) in [5.74, 6) is -0.911. The van der Waals surface area contributed by atoms with Crippen molar-refractivity contribution < 1.29 is 14.7 Å². The summed E-state index contributed by atoms with van der Waals surface area (Å²) in [6, 6.07) is -0.579. The predicted octanol–water partition coefficient (Wildman–Crippen LogP) is 2.57. The summed E-state index contributed by atoms with van der Waals surface area (Å²) in [6.07, 6.45) is 3.18. The number of carbonyl (C=O) groups is 2. The Kier molecular flexibility index (Phi) is 6.14. The van der Waals surface area contributed by atoms with Gasteiger partial charge in [0.05, 0.1) is 11.5 Å². The van der Waals surface area contributed by atoms with Crippen LogP contribution in [0.25, 0.3) is 0 Å². The molecule has 1 aromatic heterocycles. The SMILES string of the molecule is CCc1cnc(C(C)NC(=O)NCC(C)(CC)C(=O)O)s1. The van der Waals surface area contributed by atoms with Crippen molar-refractivity contribution >= 4 is 23.3 Å². The first kappa shape index (κ1) is 17.4. The Labute approximate surface area is 129 Å². The average Bonchev–Trinajstić information content (AvgIpc) is 2.93. The van der Waals surface area contributed by atoms with Crippen LogP contribution in [0.4, 0.5) is 4.79 Å². The molecule has 0 saturated carbocycles. The fourth-order valence-corrected chi connectivity index (χ4v) is 2.48. The van der Waals surface area contributed by atoms with Gasteiger partial charge in [0.25, 0.3) is 0 Å². The highest BCUT2D eigenvalue weighted by Gasteiger charge is 2.31. The summed E-state index contributed by atoms with van der Waals surface area (Å²) in [4.78, 5) is 28.5. The lowest BCUT2D eigenvalue weighted by atomic mass is 9.88. The molecule has 0 radical (unpaired) electrons. The summed E-state index contributed by atoms with van der Waals surface area (Å²) >= 11 is 1.57. The Bertz CT molecular complexity index is 503. The Morgan fingerprint density at radius 1 is 1.48 bits per heavy atom. The van der Waals surface area contributed by atoms with E-state index < -0.39 is 11.4 Å². The molecule has 3 N–H and O–H groups in total. The molecular weight excluding hydrogens is 290 g/mol. The van der Waals surface area contributed by atoms with Gasteiger partial charge in [0.2, 0.25) is 0 Å². The molecule has 2 amide bonds. The van der Waals surface area contributed by atoms with Gasteiger partial charge in [-0.2, -0.15) is 0 Å². The van der Waals surface area contributed by atoms with Crippen molar-refractivity contribution in [3.05, 3.63) is 16.1 Å². The fraction of sp³-hybridized carbons (Fsp3) is 0.643. The summed E-state index contributed by atoms with van der Waals surface area (Å²) in [7, 11) is 0. The van der Waals surface area contributed by atoms with Crippen LogP contribution in [0.5, 0.6) is 0 Å². The van der Waals surface area contributed by atoms with Crippen molar-refractivity contribution in [2.75, 3.05) is 6.54 Å². The number of aryl methyl sites for hydroxylation is 1. The first-order chi connectivity index (χ1) is 9.82. The number of urea groups is 1. The van der Waals surface area contributed by atoms with Crippen LogP contribution < -0.4 is 10.6 Å². The number of aromatic nitrogens is 1. The number of hydrogen-bond donors (Lipinski definition) is 3. The zero-order valence-electron chi connectivity index (χ0n) is 12.9. The van der Waals surface area contributed by atoms with Crippen LogP contribution in [0.2, 0.25) is 0 Å². The molecule has 1 aromatic rings. The number of carboxylic acids is 1. The van der Waals surface area contributed by atoms with E-state index in [4.69, 9.17) is 5.11 Å². The van der Waals surface area contributed by atoms with E-state index in [9.17, 15) is 9.59 Å². The lowest BCUT2D eigenvalue weighted by molar-refractivity contribution is -0.147. The van der Waals surface area contributed by atoms with Gasteiger partial charge in [-0.1, -0.05) is 13.8 Å². The topological polar surface area (TPSA) is 91.3 Å². The van der Waals surface area contributed by atoms with Gasteiger partial charge in [0.15, 0.2) is 0 Å². The predicted molar refractivity (Wildman–Crippen MR) is 82.5 cm³/mol. The number of nitrogens with zero attached hydrogens (tertiary/aromatic N) is 1. The minimum Gasteiger partial charge on any atom is -0.481 e. The second-order valence-electron chi connectivity index (χ2n) is 5.29. The van der Waals surface area contributed by atoms with Crippen molar-refractivity contribution in [2.45, 2.75) is 46.6 Å². The van der Waals surface area contributed by atoms with E-state index in [1.165, 1.54) is 4.88 Å². The highest BCUT2D eigenvalue weighted by Crippen LogP contribution is 2.21. The van der Waals surface area contributed by atoms with Gasteiger partial charge in [0.1, 0.15) is 5.01 Å². The van der Waals surface area contributed by atoms with E-state index in [2.05, 4.69) is 22.5 Å². The van der Waals surface area contributed by atoms with E-state index >= 15 is 0 Å². The first-order valence-electron chi connectivity index (χ1n) is 7.04. The minimum atomic E-state index is -0.947. The number of aliphatic carboxylic acids is 1. The maximum atomic E-state index is 11.9. The van der Waals surface area contributed by atoms with Crippen LogP contribution in [0, 0.1) is 5.41 Å². The lowest BCUT2D eigenvalue weighted by Gasteiger charge is -2.23. The zero-order chi connectivity index (χ0) is 16.0. The second-order valence-corrected chi connectivity index (χ2v) is 6.43. The molecule has 2 unspecified atom stereocenters. The average molecular weight is 313 g/mol. The Balaban J connectivity index is 2.51. The molecule has 118 valence electrons. The maximum absolute atomic E-state index is 11.9. The van der Waals surface area contributed by atoms with Gasteiger partial charge in [-0.15, -0.1) is 11.3 Å². The molecule has 6 nitrogen and oxygen atoms in total. The third-order valence-corrected chi connectivity index (χ3v) is 4.90. The molecule has 2 atom stereocenters. The van der Waals surface area contributed by atoms with Crippen LogP contribution in [0.15, 0.2) is 6.20 Å². The fourth-order valence-electron chi connectivity index (χ4n) is 1.62. The number of amides is 2. The molecule has 0 aliphatic heterocycles. The molecule has 1 heterocycles. The number of nitrogens with one attached hydrogen (secondary N) is 2. The third-order valence-electron chi connectivity index (χ3n) is 3.57. The number of rotatable bonds is 7. The lowest BCUT2D eigenvalue weighted by Crippen LogP contribution is -2.45. The molecule has 0 spiro atoms. The van der Waals surface area contributed by atoms with E-state index in [1.807, 2.05) is 13.1 Å². The van der Waals surface area contributed by atoms with Gasteiger partial charge in [-0.25, -0.2) is 9.78 Å². The molecule has 0 aromatic carbocycles. The van der Waals surface area contributed by atoms with Crippen molar-refractivity contribution in [2.24, 2.45) is 5.41 Å². The Hall–Kier alpha value is -1.63. The standard InChI is InChI=1S/C14H23N3O3S/c1-5-10-7-15-11(21-10)9(3)17-13(20)16-8-14(4,6-2)12(18)19/h7,9H,5-6,8H2,1-4H3,(H,18,19)(H2,16,17,20). The zero-order valence-corrected chi connectivity index (χ0v) is 13.7. The summed E-state index contributed by atoms with van der Waals surface area (Å²) in [5.41, 5.74) is -0.947. The third kappa shape index (κ3) is 4.70.